The van der Waals surface area contributed by atoms with E-state index in [4.69, 9.17) is 10.00 Å². The lowest BCUT2D eigenvalue weighted by Crippen LogP contribution is -2.49. The fraction of sp³-hybridized carbons (Fsp3) is 0.562. The average molecular weight is 300 g/mol. The molecule has 0 saturated carbocycles. The third-order valence-corrected chi connectivity index (χ3v) is 4.26. The first-order valence-corrected chi connectivity index (χ1v) is 7.77. The Morgan fingerprint density at radius 1 is 1.36 bits per heavy atom. The van der Waals surface area contributed by atoms with Crippen LogP contribution in [0.1, 0.15) is 24.8 Å². The molecule has 0 spiro atoms. The number of carbonyl (C=O) groups is 1. The minimum Gasteiger partial charge on any atom is -0.378 e. The van der Waals surface area contributed by atoms with Gasteiger partial charge in [-0.1, -0.05) is 0 Å². The first-order valence-electron chi connectivity index (χ1n) is 7.77. The van der Waals surface area contributed by atoms with Crippen LogP contribution in [0.15, 0.2) is 18.3 Å². The van der Waals surface area contributed by atoms with Crippen LogP contribution in [-0.2, 0) is 9.53 Å². The van der Waals surface area contributed by atoms with Crippen LogP contribution >= 0.6 is 0 Å². The Labute approximate surface area is 130 Å². The summed E-state index contributed by atoms with van der Waals surface area (Å²) in [4.78, 5) is 20.6. The van der Waals surface area contributed by atoms with E-state index in [0.29, 0.717) is 25.1 Å². The quantitative estimate of drug-likeness (QED) is 0.838. The monoisotopic (exact) mass is 300 g/mol. The molecule has 6 heteroatoms. The van der Waals surface area contributed by atoms with Crippen molar-refractivity contribution < 1.29 is 9.53 Å². The number of nitriles is 1. The molecule has 0 aliphatic carbocycles. The van der Waals surface area contributed by atoms with Gasteiger partial charge in [0.1, 0.15) is 11.9 Å². The number of rotatable bonds is 3. The van der Waals surface area contributed by atoms with Crippen molar-refractivity contribution in [2.75, 3.05) is 37.7 Å². The van der Waals surface area contributed by atoms with E-state index in [-0.39, 0.29) is 12.0 Å². The van der Waals surface area contributed by atoms with Crippen LogP contribution in [-0.4, -0.2) is 54.7 Å². The molecule has 2 fully saturated rings. The van der Waals surface area contributed by atoms with E-state index in [1.807, 2.05) is 11.0 Å². The summed E-state index contributed by atoms with van der Waals surface area (Å²) in [5, 5.41) is 8.79. The van der Waals surface area contributed by atoms with Gasteiger partial charge < -0.3 is 14.5 Å². The van der Waals surface area contributed by atoms with Crippen molar-refractivity contribution in [2.24, 2.45) is 0 Å². The van der Waals surface area contributed by atoms with Crippen molar-refractivity contribution in [3.05, 3.63) is 23.9 Å². The van der Waals surface area contributed by atoms with Gasteiger partial charge in [-0.15, -0.1) is 0 Å². The number of carbonyl (C=O) groups excluding carboxylic acids is 1. The van der Waals surface area contributed by atoms with E-state index in [9.17, 15) is 4.79 Å². The second-order valence-corrected chi connectivity index (χ2v) is 5.72. The van der Waals surface area contributed by atoms with Gasteiger partial charge in [0.15, 0.2) is 0 Å². The van der Waals surface area contributed by atoms with E-state index < -0.39 is 0 Å². The molecule has 0 radical (unpaired) electrons. The SMILES string of the molecule is N#Cc1ccc(N2CCN(C(=O)CC3CCCO3)CC2)nc1. The summed E-state index contributed by atoms with van der Waals surface area (Å²) in [5.41, 5.74) is 0.564. The number of hydrogen-bond donors (Lipinski definition) is 0. The van der Waals surface area contributed by atoms with Crippen molar-refractivity contribution in [3.63, 3.8) is 0 Å². The first kappa shape index (κ1) is 14.8. The molecule has 3 heterocycles. The highest BCUT2D eigenvalue weighted by Crippen LogP contribution is 2.18. The Kier molecular flexibility index (Phi) is 4.54. The van der Waals surface area contributed by atoms with Crippen molar-refractivity contribution in [1.82, 2.24) is 9.88 Å². The summed E-state index contributed by atoms with van der Waals surface area (Å²) in [6, 6.07) is 5.71. The molecular weight excluding hydrogens is 280 g/mol. The van der Waals surface area contributed by atoms with Crippen molar-refractivity contribution in [1.29, 1.82) is 5.26 Å². The number of hydrogen-bond acceptors (Lipinski definition) is 5. The number of nitrogens with zero attached hydrogens (tertiary/aromatic N) is 4. The first-order chi connectivity index (χ1) is 10.8. The minimum absolute atomic E-state index is 0.116. The molecular formula is C16H20N4O2. The Balaban J connectivity index is 1.51. The predicted octanol–water partition coefficient (Wildman–Crippen LogP) is 1.17. The third kappa shape index (κ3) is 3.37. The lowest BCUT2D eigenvalue weighted by atomic mass is 10.1. The molecule has 1 amide bonds. The van der Waals surface area contributed by atoms with Crippen LogP contribution in [0.25, 0.3) is 0 Å². The van der Waals surface area contributed by atoms with Gasteiger partial charge in [0.25, 0.3) is 0 Å². The van der Waals surface area contributed by atoms with Gasteiger partial charge in [0.05, 0.1) is 18.1 Å². The highest BCUT2D eigenvalue weighted by molar-refractivity contribution is 5.77. The summed E-state index contributed by atoms with van der Waals surface area (Å²) in [5.74, 6) is 1.06. The van der Waals surface area contributed by atoms with Crippen LogP contribution in [0, 0.1) is 11.3 Å². The van der Waals surface area contributed by atoms with Gasteiger partial charge in [-0.3, -0.25) is 4.79 Å². The largest absolute Gasteiger partial charge is 0.378 e. The highest BCUT2D eigenvalue weighted by atomic mass is 16.5. The fourth-order valence-electron chi connectivity index (χ4n) is 2.95. The van der Waals surface area contributed by atoms with Crippen molar-refractivity contribution in [2.45, 2.75) is 25.4 Å². The lowest BCUT2D eigenvalue weighted by molar-refractivity contribution is -0.133. The molecule has 0 N–H and O–H groups in total. The van der Waals surface area contributed by atoms with E-state index in [1.165, 1.54) is 0 Å². The number of anilines is 1. The number of amides is 1. The minimum atomic E-state index is 0.116. The Morgan fingerprint density at radius 3 is 2.77 bits per heavy atom. The molecule has 1 aromatic rings. The van der Waals surface area contributed by atoms with Crippen LogP contribution in [0.2, 0.25) is 0 Å². The van der Waals surface area contributed by atoms with Gasteiger partial charge in [-0.25, -0.2) is 4.98 Å². The summed E-state index contributed by atoms with van der Waals surface area (Å²) in [6.07, 6.45) is 4.28. The van der Waals surface area contributed by atoms with E-state index >= 15 is 0 Å². The molecule has 1 unspecified atom stereocenters. The summed E-state index contributed by atoms with van der Waals surface area (Å²) in [7, 11) is 0. The zero-order chi connectivity index (χ0) is 15.4. The van der Waals surface area contributed by atoms with Crippen molar-refractivity contribution >= 4 is 11.7 Å². The van der Waals surface area contributed by atoms with Crippen molar-refractivity contribution in [3.8, 4) is 6.07 Å². The van der Waals surface area contributed by atoms with Crippen LogP contribution in [0.4, 0.5) is 5.82 Å². The Morgan fingerprint density at radius 2 is 2.18 bits per heavy atom. The van der Waals surface area contributed by atoms with Gasteiger partial charge in [-0.2, -0.15) is 5.26 Å². The molecule has 6 nitrogen and oxygen atoms in total. The fourth-order valence-corrected chi connectivity index (χ4v) is 2.95. The Bertz CT molecular complexity index is 553. The summed E-state index contributed by atoms with van der Waals surface area (Å²) < 4.78 is 5.53. The van der Waals surface area contributed by atoms with Crippen LogP contribution in [0.3, 0.4) is 0 Å². The molecule has 2 aliphatic heterocycles. The van der Waals surface area contributed by atoms with E-state index in [1.54, 1.807) is 12.3 Å². The van der Waals surface area contributed by atoms with E-state index in [2.05, 4.69) is 16.0 Å². The molecule has 1 aromatic heterocycles. The van der Waals surface area contributed by atoms with Crippen LogP contribution in [0.5, 0.6) is 0 Å². The number of pyridine rings is 1. The molecule has 2 saturated heterocycles. The molecule has 2 aliphatic rings. The Hall–Kier alpha value is -2.13. The maximum absolute atomic E-state index is 12.3. The normalized spacial score (nSPS) is 21.7. The maximum atomic E-state index is 12.3. The molecule has 116 valence electrons. The molecule has 3 rings (SSSR count). The van der Waals surface area contributed by atoms with Crippen LogP contribution < -0.4 is 4.90 Å². The number of piperazine rings is 1. The topological polar surface area (TPSA) is 69.5 Å². The summed E-state index contributed by atoms with van der Waals surface area (Å²) in [6.45, 7) is 3.77. The second-order valence-electron chi connectivity index (χ2n) is 5.72. The second kappa shape index (κ2) is 6.75. The smallest absolute Gasteiger partial charge is 0.225 e. The van der Waals surface area contributed by atoms with Gasteiger partial charge in [0.2, 0.25) is 5.91 Å². The number of ether oxygens (including phenoxy) is 1. The predicted molar refractivity (Wildman–Crippen MR) is 81.3 cm³/mol. The third-order valence-electron chi connectivity index (χ3n) is 4.26. The van der Waals surface area contributed by atoms with E-state index in [0.717, 1.165) is 38.4 Å². The lowest BCUT2D eigenvalue weighted by Gasteiger charge is -2.35. The zero-order valence-electron chi connectivity index (χ0n) is 12.6. The summed E-state index contributed by atoms with van der Waals surface area (Å²) >= 11 is 0. The molecule has 1 atom stereocenters. The average Bonchev–Trinajstić information content (AvgIpc) is 3.08. The molecule has 22 heavy (non-hydrogen) atoms. The molecule has 0 aromatic carbocycles. The number of aromatic nitrogens is 1. The van der Waals surface area contributed by atoms with Gasteiger partial charge in [-0.05, 0) is 25.0 Å². The zero-order valence-corrected chi connectivity index (χ0v) is 12.6. The highest BCUT2D eigenvalue weighted by Gasteiger charge is 2.25. The van der Waals surface area contributed by atoms with Gasteiger partial charge in [0, 0.05) is 39.0 Å². The maximum Gasteiger partial charge on any atom is 0.225 e. The standard InChI is InChI=1S/C16H20N4O2/c17-11-13-3-4-15(18-12-13)19-5-7-20(8-6-19)16(21)10-14-2-1-9-22-14/h3-4,12,14H,1-2,5-10H2. The molecule has 0 bridgehead atoms. The van der Waals surface area contributed by atoms with Gasteiger partial charge >= 0.3 is 0 Å².